The molecular weight excluding hydrogens is 244 g/mol. The van der Waals surface area contributed by atoms with Crippen LogP contribution in [0.2, 0.25) is 0 Å². The van der Waals surface area contributed by atoms with E-state index >= 15 is 0 Å². The molecule has 3 heteroatoms. The van der Waals surface area contributed by atoms with Gasteiger partial charge in [0.1, 0.15) is 4.88 Å². The van der Waals surface area contributed by atoms with Crippen LogP contribution in [0.15, 0.2) is 18.2 Å². The molecular formula is C15H18O2S. The Kier molecular flexibility index (Phi) is 3.20. The third-order valence-electron chi connectivity index (χ3n) is 3.20. The van der Waals surface area contributed by atoms with Crippen LogP contribution >= 0.6 is 11.3 Å². The van der Waals surface area contributed by atoms with Crippen LogP contribution in [0, 0.1) is 0 Å². The standard InChI is InChI=1S/C15H18O2S/c1-5-10-11-8-9(15(2,3)4)6-7-12(11)18-13(10)14(16)17/h6-8H,5H2,1-4H3,(H,16,17). The van der Waals surface area contributed by atoms with Crippen LogP contribution < -0.4 is 0 Å². The number of rotatable bonds is 2. The summed E-state index contributed by atoms with van der Waals surface area (Å²) in [6.45, 7) is 8.52. The van der Waals surface area contributed by atoms with Gasteiger partial charge in [-0.15, -0.1) is 11.3 Å². The Hall–Kier alpha value is -1.35. The highest BCUT2D eigenvalue weighted by Gasteiger charge is 2.19. The minimum atomic E-state index is -0.814. The number of benzene rings is 1. The number of fused-ring (bicyclic) bond motifs is 1. The Morgan fingerprint density at radius 3 is 2.50 bits per heavy atom. The van der Waals surface area contributed by atoms with E-state index in [-0.39, 0.29) is 5.41 Å². The van der Waals surface area contributed by atoms with E-state index in [4.69, 9.17) is 0 Å². The van der Waals surface area contributed by atoms with Crippen molar-refractivity contribution in [1.82, 2.24) is 0 Å². The maximum atomic E-state index is 11.2. The average Bonchev–Trinajstić information content (AvgIpc) is 2.65. The van der Waals surface area contributed by atoms with Crippen molar-refractivity contribution in [3.05, 3.63) is 34.2 Å². The second-order valence-corrected chi connectivity index (χ2v) is 6.58. The Balaban J connectivity index is 2.72. The van der Waals surface area contributed by atoms with Gasteiger partial charge in [-0.05, 0) is 40.5 Å². The molecule has 0 bridgehead atoms. The molecule has 0 saturated heterocycles. The van der Waals surface area contributed by atoms with Crippen molar-refractivity contribution in [3.63, 3.8) is 0 Å². The van der Waals surface area contributed by atoms with Gasteiger partial charge < -0.3 is 5.11 Å². The molecule has 0 fully saturated rings. The van der Waals surface area contributed by atoms with Gasteiger partial charge in [0, 0.05) is 4.70 Å². The highest BCUT2D eigenvalue weighted by molar-refractivity contribution is 7.21. The number of hydrogen-bond acceptors (Lipinski definition) is 2. The minimum absolute atomic E-state index is 0.0878. The predicted molar refractivity (Wildman–Crippen MR) is 76.9 cm³/mol. The van der Waals surface area contributed by atoms with E-state index < -0.39 is 5.97 Å². The van der Waals surface area contributed by atoms with Gasteiger partial charge >= 0.3 is 5.97 Å². The summed E-state index contributed by atoms with van der Waals surface area (Å²) in [5.41, 5.74) is 2.30. The largest absolute Gasteiger partial charge is 0.477 e. The Morgan fingerprint density at radius 2 is 2.00 bits per heavy atom. The summed E-state index contributed by atoms with van der Waals surface area (Å²) in [6.07, 6.45) is 0.759. The maximum absolute atomic E-state index is 11.2. The van der Waals surface area contributed by atoms with Crippen molar-refractivity contribution in [3.8, 4) is 0 Å². The van der Waals surface area contributed by atoms with Crippen LogP contribution in [0.3, 0.4) is 0 Å². The monoisotopic (exact) mass is 262 g/mol. The molecule has 0 saturated carbocycles. The molecule has 0 aliphatic heterocycles. The van der Waals surface area contributed by atoms with E-state index in [1.807, 2.05) is 13.0 Å². The van der Waals surface area contributed by atoms with Crippen LogP contribution in [0.25, 0.3) is 10.1 Å². The number of carboxylic acids is 1. The average molecular weight is 262 g/mol. The fraction of sp³-hybridized carbons (Fsp3) is 0.400. The Labute approximate surface area is 111 Å². The van der Waals surface area contributed by atoms with Gasteiger partial charge in [-0.2, -0.15) is 0 Å². The fourth-order valence-electron chi connectivity index (χ4n) is 2.14. The molecule has 0 aliphatic rings. The van der Waals surface area contributed by atoms with E-state index in [9.17, 15) is 9.90 Å². The molecule has 0 aliphatic carbocycles. The number of aryl methyl sites for hydroxylation is 1. The zero-order valence-corrected chi connectivity index (χ0v) is 12.0. The number of thiophene rings is 1. The van der Waals surface area contributed by atoms with E-state index in [2.05, 4.69) is 32.9 Å². The van der Waals surface area contributed by atoms with Crippen LogP contribution in [-0.4, -0.2) is 11.1 Å². The zero-order chi connectivity index (χ0) is 13.5. The first kappa shape index (κ1) is 13.1. The lowest BCUT2D eigenvalue weighted by Gasteiger charge is -2.19. The number of aromatic carboxylic acids is 1. The first-order valence-corrected chi connectivity index (χ1v) is 6.95. The molecule has 0 unspecified atom stereocenters. The van der Waals surface area contributed by atoms with Crippen molar-refractivity contribution < 1.29 is 9.90 Å². The second kappa shape index (κ2) is 4.39. The molecule has 18 heavy (non-hydrogen) atoms. The molecule has 0 radical (unpaired) electrons. The highest BCUT2D eigenvalue weighted by Crippen LogP contribution is 2.35. The molecule has 2 aromatic rings. The summed E-state index contributed by atoms with van der Waals surface area (Å²) in [7, 11) is 0. The molecule has 2 nitrogen and oxygen atoms in total. The SMILES string of the molecule is CCc1c(C(=O)O)sc2ccc(C(C)(C)C)cc12. The number of hydrogen-bond donors (Lipinski definition) is 1. The lowest BCUT2D eigenvalue weighted by Crippen LogP contribution is -2.10. The smallest absolute Gasteiger partial charge is 0.346 e. The van der Waals surface area contributed by atoms with Gasteiger partial charge in [0.05, 0.1) is 0 Å². The Bertz CT molecular complexity index is 603. The zero-order valence-electron chi connectivity index (χ0n) is 11.2. The third kappa shape index (κ3) is 2.15. The molecule has 2 rings (SSSR count). The maximum Gasteiger partial charge on any atom is 0.346 e. The van der Waals surface area contributed by atoms with Crippen molar-refractivity contribution in [2.75, 3.05) is 0 Å². The highest BCUT2D eigenvalue weighted by atomic mass is 32.1. The minimum Gasteiger partial charge on any atom is -0.477 e. The normalized spacial score (nSPS) is 12.0. The van der Waals surface area contributed by atoms with E-state index in [0.29, 0.717) is 4.88 Å². The summed E-state index contributed by atoms with van der Waals surface area (Å²) in [5.74, 6) is -0.814. The van der Waals surface area contributed by atoms with Crippen molar-refractivity contribution >= 4 is 27.4 Å². The van der Waals surface area contributed by atoms with E-state index in [1.54, 1.807) is 0 Å². The van der Waals surface area contributed by atoms with E-state index in [1.165, 1.54) is 16.9 Å². The quantitative estimate of drug-likeness (QED) is 0.867. The first-order chi connectivity index (χ1) is 8.34. The van der Waals surface area contributed by atoms with Crippen LogP contribution in [-0.2, 0) is 11.8 Å². The summed E-state index contributed by atoms with van der Waals surface area (Å²) in [4.78, 5) is 11.7. The molecule has 1 heterocycles. The Morgan fingerprint density at radius 1 is 1.33 bits per heavy atom. The summed E-state index contributed by atoms with van der Waals surface area (Å²) in [6, 6.07) is 6.30. The van der Waals surface area contributed by atoms with Crippen LogP contribution in [0.5, 0.6) is 0 Å². The molecule has 0 amide bonds. The molecule has 1 N–H and O–H groups in total. The topological polar surface area (TPSA) is 37.3 Å². The lowest BCUT2D eigenvalue weighted by molar-refractivity contribution is 0.0701. The first-order valence-electron chi connectivity index (χ1n) is 6.13. The van der Waals surface area contributed by atoms with Crippen molar-refractivity contribution in [2.24, 2.45) is 0 Å². The molecule has 96 valence electrons. The number of carboxylic acid groups (broad SMARTS) is 1. The predicted octanol–water partition coefficient (Wildman–Crippen LogP) is 4.46. The molecule has 1 aromatic carbocycles. The fourth-order valence-corrected chi connectivity index (χ4v) is 3.25. The summed E-state index contributed by atoms with van der Waals surface area (Å²) in [5, 5.41) is 10.3. The van der Waals surface area contributed by atoms with Gasteiger partial charge in [0.2, 0.25) is 0 Å². The van der Waals surface area contributed by atoms with E-state index in [0.717, 1.165) is 22.1 Å². The van der Waals surface area contributed by atoms with Crippen LogP contribution in [0.4, 0.5) is 0 Å². The van der Waals surface area contributed by atoms with Gasteiger partial charge in [-0.3, -0.25) is 0 Å². The van der Waals surface area contributed by atoms with Gasteiger partial charge in [0.15, 0.2) is 0 Å². The second-order valence-electron chi connectivity index (χ2n) is 5.53. The van der Waals surface area contributed by atoms with Crippen molar-refractivity contribution in [1.29, 1.82) is 0 Å². The van der Waals surface area contributed by atoms with Crippen LogP contribution in [0.1, 0.15) is 48.5 Å². The van der Waals surface area contributed by atoms with Gasteiger partial charge in [-0.25, -0.2) is 4.79 Å². The number of carbonyl (C=O) groups is 1. The molecule has 0 spiro atoms. The third-order valence-corrected chi connectivity index (χ3v) is 4.41. The molecule has 0 atom stereocenters. The van der Waals surface area contributed by atoms with Gasteiger partial charge in [-0.1, -0.05) is 33.8 Å². The molecule has 1 aromatic heterocycles. The lowest BCUT2D eigenvalue weighted by atomic mass is 9.86. The summed E-state index contributed by atoms with van der Waals surface area (Å²) >= 11 is 1.38. The van der Waals surface area contributed by atoms with Gasteiger partial charge in [0.25, 0.3) is 0 Å². The summed E-state index contributed by atoms with van der Waals surface area (Å²) < 4.78 is 1.07. The van der Waals surface area contributed by atoms with Crippen molar-refractivity contribution in [2.45, 2.75) is 39.5 Å².